The van der Waals surface area contributed by atoms with Gasteiger partial charge in [0.15, 0.2) is 5.37 Å². The molecule has 26 heavy (non-hydrogen) atoms. The quantitative estimate of drug-likeness (QED) is 0.716. The lowest BCUT2D eigenvalue weighted by molar-refractivity contribution is -0.142. The first-order chi connectivity index (χ1) is 12.7. The number of aromatic amines is 1. The molecule has 0 spiro atoms. The van der Waals surface area contributed by atoms with Gasteiger partial charge in [0.2, 0.25) is 0 Å². The van der Waals surface area contributed by atoms with Crippen molar-refractivity contribution < 1.29 is 9.53 Å². The molecular weight excluding hydrogens is 346 g/mol. The molecule has 0 radical (unpaired) electrons. The third-order valence-electron chi connectivity index (χ3n) is 4.53. The van der Waals surface area contributed by atoms with Crippen molar-refractivity contribution in [3.8, 4) is 0 Å². The van der Waals surface area contributed by atoms with Crippen LogP contribution in [0.5, 0.6) is 0 Å². The predicted molar refractivity (Wildman–Crippen MR) is 107 cm³/mol. The Kier molecular flexibility index (Phi) is 4.51. The highest BCUT2D eigenvalue weighted by molar-refractivity contribution is 8.04. The van der Waals surface area contributed by atoms with Crippen LogP contribution >= 0.6 is 11.8 Å². The average molecular weight is 367 g/mol. The third-order valence-corrected chi connectivity index (χ3v) is 5.63. The molecule has 134 valence electrons. The molecule has 0 aliphatic carbocycles. The second-order valence-corrected chi connectivity index (χ2v) is 7.53. The smallest absolute Gasteiger partial charge is 0.339 e. The zero-order chi connectivity index (χ0) is 18.1. The number of carbonyl (C=O) groups is 1. The van der Waals surface area contributed by atoms with Crippen LogP contribution in [0.15, 0.2) is 41.4 Å². The molecule has 3 N–H and O–H groups in total. The SMILES string of the molecule is CCOC(=O)C1NC(c2c[nH]c3c2C=C(c2ccccc2)CN3)=C(C)S1. The van der Waals surface area contributed by atoms with Gasteiger partial charge in [0.25, 0.3) is 0 Å². The van der Waals surface area contributed by atoms with E-state index < -0.39 is 0 Å². The van der Waals surface area contributed by atoms with Crippen LogP contribution in [0.3, 0.4) is 0 Å². The number of ether oxygens (including phenoxy) is 1. The molecule has 3 heterocycles. The van der Waals surface area contributed by atoms with E-state index in [0.29, 0.717) is 6.61 Å². The van der Waals surface area contributed by atoms with Crippen LogP contribution in [0, 0.1) is 0 Å². The van der Waals surface area contributed by atoms with Crippen molar-refractivity contribution in [3.05, 3.63) is 58.1 Å². The van der Waals surface area contributed by atoms with Crippen LogP contribution in [0.1, 0.15) is 30.5 Å². The van der Waals surface area contributed by atoms with Crippen molar-refractivity contribution in [2.75, 3.05) is 18.5 Å². The van der Waals surface area contributed by atoms with E-state index in [4.69, 9.17) is 4.74 Å². The van der Waals surface area contributed by atoms with E-state index in [2.05, 4.69) is 46.0 Å². The lowest BCUT2D eigenvalue weighted by Gasteiger charge is -2.18. The van der Waals surface area contributed by atoms with Crippen LogP contribution in [-0.2, 0) is 9.53 Å². The van der Waals surface area contributed by atoms with Gasteiger partial charge < -0.3 is 20.4 Å². The monoisotopic (exact) mass is 367 g/mol. The first kappa shape index (κ1) is 16.8. The summed E-state index contributed by atoms with van der Waals surface area (Å²) in [6.07, 6.45) is 4.21. The van der Waals surface area contributed by atoms with Crippen LogP contribution in [0.25, 0.3) is 17.3 Å². The summed E-state index contributed by atoms with van der Waals surface area (Å²) < 4.78 is 5.15. The van der Waals surface area contributed by atoms with Gasteiger partial charge in [-0.25, -0.2) is 4.79 Å². The summed E-state index contributed by atoms with van der Waals surface area (Å²) in [6.45, 7) is 5.02. The van der Waals surface area contributed by atoms with Crippen LogP contribution in [0.2, 0.25) is 0 Å². The Bertz CT molecular complexity index is 899. The number of carbonyl (C=O) groups excluding carboxylic acids is 1. The Balaban J connectivity index is 1.65. The summed E-state index contributed by atoms with van der Waals surface area (Å²) in [5.74, 6) is 0.779. The minimum Gasteiger partial charge on any atom is -0.464 e. The number of H-pyrrole nitrogens is 1. The fourth-order valence-electron chi connectivity index (χ4n) is 3.27. The number of aromatic nitrogens is 1. The van der Waals surface area contributed by atoms with E-state index in [0.717, 1.165) is 34.1 Å². The fraction of sp³-hybridized carbons (Fsp3) is 0.250. The van der Waals surface area contributed by atoms with Gasteiger partial charge in [0.05, 0.1) is 12.3 Å². The fourth-order valence-corrected chi connectivity index (χ4v) is 4.26. The summed E-state index contributed by atoms with van der Waals surface area (Å²) in [4.78, 5) is 16.5. The van der Waals surface area contributed by atoms with Crippen molar-refractivity contribution >= 4 is 40.9 Å². The molecular formula is C20H21N3O2S. The molecule has 1 aromatic heterocycles. The van der Waals surface area contributed by atoms with Gasteiger partial charge in [0, 0.05) is 28.8 Å². The van der Waals surface area contributed by atoms with Crippen molar-refractivity contribution in [3.63, 3.8) is 0 Å². The second kappa shape index (κ2) is 6.96. The highest BCUT2D eigenvalue weighted by Gasteiger charge is 2.31. The van der Waals surface area contributed by atoms with Gasteiger partial charge in [-0.1, -0.05) is 42.1 Å². The molecule has 2 aliphatic rings. The number of fused-ring (bicyclic) bond motifs is 1. The van der Waals surface area contributed by atoms with Crippen molar-refractivity contribution in [1.82, 2.24) is 10.3 Å². The number of anilines is 1. The number of nitrogens with one attached hydrogen (secondary N) is 3. The normalized spacial score (nSPS) is 18.7. The maximum Gasteiger partial charge on any atom is 0.339 e. The van der Waals surface area contributed by atoms with Gasteiger partial charge >= 0.3 is 5.97 Å². The molecule has 6 heteroatoms. The molecule has 0 saturated heterocycles. The van der Waals surface area contributed by atoms with E-state index >= 15 is 0 Å². The first-order valence-electron chi connectivity index (χ1n) is 8.69. The lowest BCUT2D eigenvalue weighted by Crippen LogP contribution is -2.30. The van der Waals surface area contributed by atoms with Gasteiger partial charge in [-0.2, -0.15) is 0 Å². The summed E-state index contributed by atoms with van der Waals surface area (Å²) in [5, 5.41) is 6.39. The Morgan fingerprint density at radius 2 is 2.12 bits per heavy atom. The molecule has 1 unspecified atom stereocenters. The minimum absolute atomic E-state index is 0.227. The molecule has 1 atom stereocenters. The Morgan fingerprint density at radius 3 is 2.88 bits per heavy atom. The molecule has 5 nitrogen and oxygen atoms in total. The summed E-state index contributed by atoms with van der Waals surface area (Å²) in [6, 6.07) is 10.4. The number of hydrogen-bond acceptors (Lipinski definition) is 5. The molecule has 4 rings (SSSR count). The number of rotatable bonds is 4. The molecule has 2 aromatic rings. The summed E-state index contributed by atoms with van der Waals surface area (Å²) >= 11 is 1.51. The molecule has 0 bridgehead atoms. The predicted octanol–water partition coefficient (Wildman–Crippen LogP) is 3.89. The molecule has 1 aromatic carbocycles. The van der Waals surface area contributed by atoms with Crippen LogP contribution in [0.4, 0.5) is 5.82 Å². The van der Waals surface area contributed by atoms with E-state index in [1.165, 1.54) is 22.9 Å². The Hall–Kier alpha value is -2.60. The number of esters is 1. The van der Waals surface area contributed by atoms with Crippen LogP contribution < -0.4 is 10.6 Å². The van der Waals surface area contributed by atoms with Crippen molar-refractivity contribution in [2.45, 2.75) is 19.2 Å². The number of thioether (sulfide) groups is 1. The maximum absolute atomic E-state index is 12.1. The van der Waals surface area contributed by atoms with Gasteiger partial charge in [-0.15, -0.1) is 0 Å². The van der Waals surface area contributed by atoms with E-state index in [9.17, 15) is 4.79 Å². The van der Waals surface area contributed by atoms with Gasteiger partial charge in [-0.05, 0) is 31.1 Å². The Labute approximate surface area is 156 Å². The van der Waals surface area contributed by atoms with Gasteiger partial charge in [-0.3, -0.25) is 0 Å². The third kappa shape index (κ3) is 3.01. The number of allylic oxidation sites excluding steroid dienone is 1. The van der Waals surface area contributed by atoms with E-state index in [-0.39, 0.29) is 11.3 Å². The number of hydrogen-bond donors (Lipinski definition) is 3. The van der Waals surface area contributed by atoms with E-state index in [1.807, 2.05) is 26.1 Å². The zero-order valence-electron chi connectivity index (χ0n) is 14.8. The topological polar surface area (TPSA) is 66.1 Å². The largest absolute Gasteiger partial charge is 0.464 e. The standard InChI is InChI=1S/C20H21N3O2S/c1-3-25-20(24)19-23-17(12(2)26-19)16-11-22-18-15(16)9-14(10-21-18)13-7-5-4-6-8-13/h4-9,11,19,21-23H,3,10H2,1-2H3. The molecule has 0 amide bonds. The minimum atomic E-state index is -0.385. The second-order valence-electron chi connectivity index (χ2n) is 6.21. The van der Waals surface area contributed by atoms with Gasteiger partial charge in [0.1, 0.15) is 5.82 Å². The Morgan fingerprint density at radius 1 is 1.31 bits per heavy atom. The van der Waals surface area contributed by atoms with Crippen molar-refractivity contribution in [2.24, 2.45) is 0 Å². The van der Waals surface area contributed by atoms with Crippen LogP contribution in [-0.4, -0.2) is 29.5 Å². The first-order valence-corrected chi connectivity index (χ1v) is 9.57. The summed E-state index contributed by atoms with van der Waals surface area (Å²) in [7, 11) is 0. The molecule has 0 fully saturated rings. The lowest BCUT2D eigenvalue weighted by atomic mass is 9.98. The highest BCUT2D eigenvalue weighted by Crippen LogP contribution is 2.40. The maximum atomic E-state index is 12.1. The van der Waals surface area contributed by atoms with E-state index in [1.54, 1.807) is 0 Å². The highest BCUT2D eigenvalue weighted by atomic mass is 32.2. The average Bonchev–Trinajstić information content (AvgIpc) is 3.25. The summed E-state index contributed by atoms with van der Waals surface area (Å²) in [5.41, 5.74) is 5.61. The molecule has 0 saturated carbocycles. The zero-order valence-corrected chi connectivity index (χ0v) is 15.6. The number of benzene rings is 1. The molecule has 2 aliphatic heterocycles. The van der Waals surface area contributed by atoms with Crippen molar-refractivity contribution in [1.29, 1.82) is 0 Å².